The lowest BCUT2D eigenvalue weighted by Crippen LogP contribution is -2.20. The second-order valence-corrected chi connectivity index (χ2v) is 5.04. The van der Waals surface area contributed by atoms with Crippen LogP contribution in [0.5, 0.6) is 0 Å². The van der Waals surface area contributed by atoms with Crippen molar-refractivity contribution in [3.8, 4) is 0 Å². The number of hydrogen-bond donors (Lipinski definition) is 2. The summed E-state index contributed by atoms with van der Waals surface area (Å²) in [6, 6.07) is 3.88. The number of aromatic amines is 1. The molecule has 2 heterocycles. The van der Waals surface area contributed by atoms with E-state index in [2.05, 4.69) is 27.4 Å². The summed E-state index contributed by atoms with van der Waals surface area (Å²) < 4.78 is 5.68. The van der Waals surface area contributed by atoms with E-state index in [0.29, 0.717) is 30.0 Å². The van der Waals surface area contributed by atoms with Crippen LogP contribution in [0.4, 0.5) is 0 Å². The first-order chi connectivity index (χ1) is 9.72. The van der Waals surface area contributed by atoms with Crippen molar-refractivity contribution in [1.29, 1.82) is 0 Å². The molecule has 1 aliphatic carbocycles. The summed E-state index contributed by atoms with van der Waals surface area (Å²) in [5.41, 5.74) is 0. The van der Waals surface area contributed by atoms with Crippen LogP contribution in [0.15, 0.2) is 29.0 Å². The van der Waals surface area contributed by atoms with Gasteiger partial charge in [-0.05, 0) is 30.5 Å². The topological polar surface area (TPSA) is 83.8 Å². The van der Waals surface area contributed by atoms with Gasteiger partial charge in [-0.3, -0.25) is 9.89 Å². The largest absolute Gasteiger partial charge is 0.461 e. The van der Waals surface area contributed by atoms with E-state index in [1.165, 1.54) is 18.8 Å². The zero-order valence-electron chi connectivity index (χ0n) is 11.2. The second-order valence-electron chi connectivity index (χ2n) is 5.04. The molecule has 1 saturated carbocycles. The van der Waals surface area contributed by atoms with Crippen LogP contribution < -0.4 is 5.32 Å². The summed E-state index contributed by atoms with van der Waals surface area (Å²) in [6.45, 7) is 2.53. The van der Waals surface area contributed by atoms with E-state index in [9.17, 15) is 4.79 Å². The van der Waals surface area contributed by atoms with Crippen LogP contribution in [0.25, 0.3) is 6.08 Å². The first-order valence-electron chi connectivity index (χ1n) is 6.62. The fraction of sp³-hybridized carbons (Fsp3) is 0.357. The Balaban J connectivity index is 1.51. The van der Waals surface area contributed by atoms with Crippen LogP contribution in [-0.2, 0) is 11.3 Å². The first-order valence-corrected chi connectivity index (χ1v) is 6.62. The molecule has 0 saturated heterocycles. The Morgan fingerprint density at radius 2 is 2.45 bits per heavy atom. The van der Waals surface area contributed by atoms with Gasteiger partial charge in [0, 0.05) is 12.0 Å². The van der Waals surface area contributed by atoms with Gasteiger partial charge in [0.15, 0.2) is 0 Å². The van der Waals surface area contributed by atoms with E-state index in [4.69, 9.17) is 4.42 Å². The van der Waals surface area contributed by atoms with E-state index < -0.39 is 0 Å². The minimum atomic E-state index is -0.195. The van der Waals surface area contributed by atoms with Crippen LogP contribution in [0.2, 0.25) is 0 Å². The molecule has 1 amide bonds. The average Bonchev–Trinajstić information content (AvgIpc) is 2.92. The van der Waals surface area contributed by atoms with Crippen molar-refractivity contribution in [2.24, 2.45) is 5.92 Å². The van der Waals surface area contributed by atoms with Gasteiger partial charge in [0.1, 0.15) is 23.7 Å². The number of amides is 1. The third-order valence-corrected chi connectivity index (χ3v) is 3.42. The number of aromatic nitrogens is 3. The lowest BCUT2D eigenvalue weighted by atomic mass is 10.3. The van der Waals surface area contributed by atoms with E-state index in [1.54, 1.807) is 6.08 Å². The number of carbonyl (C=O) groups is 1. The average molecular weight is 272 g/mol. The SMILES string of the molecule is CC1CC1c1ccc(/C=C/C(=O)NCc2ncn[nH]2)o1. The Labute approximate surface area is 116 Å². The van der Waals surface area contributed by atoms with Gasteiger partial charge in [0.2, 0.25) is 5.91 Å². The molecular formula is C14H16N4O2. The summed E-state index contributed by atoms with van der Waals surface area (Å²) in [5, 5.41) is 9.08. The molecule has 2 N–H and O–H groups in total. The van der Waals surface area contributed by atoms with Crippen molar-refractivity contribution in [3.63, 3.8) is 0 Å². The zero-order chi connectivity index (χ0) is 13.9. The molecule has 0 bridgehead atoms. The standard InChI is InChI=1S/C14H16N4O2/c1-9-6-11(9)12-4-2-10(20-12)3-5-14(19)15-7-13-16-8-17-18-13/h2-5,8-9,11H,6-7H2,1H3,(H,15,19)(H,16,17,18)/b5-3+. The molecule has 6 heteroatoms. The lowest BCUT2D eigenvalue weighted by Gasteiger charge is -1.97. The predicted molar refractivity (Wildman–Crippen MR) is 72.5 cm³/mol. The van der Waals surface area contributed by atoms with Crippen LogP contribution in [0.1, 0.15) is 36.6 Å². The molecule has 1 fully saturated rings. The van der Waals surface area contributed by atoms with Gasteiger partial charge in [0.05, 0.1) is 6.54 Å². The molecular weight excluding hydrogens is 256 g/mol. The van der Waals surface area contributed by atoms with Gasteiger partial charge < -0.3 is 9.73 Å². The number of hydrogen-bond acceptors (Lipinski definition) is 4. The van der Waals surface area contributed by atoms with Crippen molar-refractivity contribution in [3.05, 3.63) is 41.9 Å². The molecule has 0 aliphatic heterocycles. The van der Waals surface area contributed by atoms with E-state index in [1.807, 2.05) is 12.1 Å². The van der Waals surface area contributed by atoms with Crippen molar-refractivity contribution in [2.45, 2.75) is 25.8 Å². The minimum absolute atomic E-state index is 0.195. The number of nitrogens with zero attached hydrogens (tertiary/aromatic N) is 2. The molecule has 0 spiro atoms. The van der Waals surface area contributed by atoms with Gasteiger partial charge >= 0.3 is 0 Å². The van der Waals surface area contributed by atoms with Gasteiger partial charge in [-0.1, -0.05) is 6.92 Å². The Kier molecular flexibility index (Phi) is 3.37. The molecule has 20 heavy (non-hydrogen) atoms. The minimum Gasteiger partial charge on any atom is -0.461 e. The molecule has 0 aromatic carbocycles. The Morgan fingerprint density at radius 1 is 1.60 bits per heavy atom. The lowest BCUT2D eigenvalue weighted by molar-refractivity contribution is -0.116. The maximum atomic E-state index is 11.6. The van der Waals surface area contributed by atoms with Crippen molar-refractivity contribution >= 4 is 12.0 Å². The van der Waals surface area contributed by atoms with Crippen molar-refractivity contribution in [2.75, 3.05) is 0 Å². The normalized spacial score (nSPS) is 21.2. The van der Waals surface area contributed by atoms with E-state index in [0.717, 1.165) is 5.76 Å². The number of carbonyl (C=O) groups excluding carboxylic acids is 1. The fourth-order valence-electron chi connectivity index (χ4n) is 2.08. The van der Waals surface area contributed by atoms with Gasteiger partial charge in [-0.25, -0.2) is 4.98 Å². The zero-order valence-corrected chi connectivity index (χ0v) is 11.2. The fourth-order valence-corrected chi connectivity index (χ4v) is 2.08. The summed E-state index contributed by atoms with van der Waals surface area (Å²) in [7, 11) is 0. The second kappa shape index (κ2) is 5.32. The van der Waals surface area contributed by atoms with Gasteiger partial charge in [-0.2, -0.15) is 5.10 Å². The third kappa shape index (κ3) is 2.96. The quantitative estimate of drug-likeness (QED) is 0.814. The number of nitrogens with one attached hydrogen (secondary N) is 2. The van der Waals surface area contributed by atoms with Crippen LogP contribution in [-0.4, -0.2) is 21.1 Å². The molecule has 104 valence electrons. The molecule has 1 aliphatic rings. The summed E-state index contributed by atoms with van der Waals surface area (Å²) in [5.74, 6) is 3.41. The smallest absolute Gasteiger partial charge is 0.244 e. The van der Waals surface area contributed by atoms with Crippen molar-refractivity contribution in [1.82, 2.24) is 20.5 Å². The van der Waals surface area contributed by atoms with Gasteiger partial charge in [0.25, 0.3) is 0 Å². The van der Waals surface area contributed by atoms with E-state index >= 15 is 0 Å². The Hall–Kier alpha value is -2.37. The molecule has 2 aromatic heterocycles. The number of rotatable bonds is 5. The molecule has 2 atom stereocenters. The summed E-state index contributed by atoms with van der Waals surface area (Å²) >= 11 is 0. The van der Waals surface area contributed by atoms with Crippen molar-refractivity contribution < 1.29 is 9.21 Å². The first kappa shape index (κ1) is 12.7. The molecule has 0 radical (unpaired) electrons. The predicted octanol–water partition coefficient (Wildman–Crippen LogP) is 1.85. The highest BCUT2D eigenvalue weighted by atomic mass is 16.3. The van der Waals surface area contributed by atoms with Crippen LogP contribution in [0.3, 0.4) is 0 Å². The highest BCUT2D eigenvalue weighted by Gasteiger charge is 2.36. The molecule has 2 aromatic rings. The highest BCUT2D eigenvalue weighted by Crippen LogP contribution is 2.47. The highest BCUT2D eigenvalue weighted by molar-refractivity contribution is 5.91. The Morgan fingerprint density at radius 3 is 3.15 bits per heavy atom. The van der Waals surface area contributed by atoms with Gasteiger partial charge in [-0.15, -0.1) is 0 Å². The maximum Gasteiger partial charge on any atom is 0.244 e. The summed E-state index contributed by atoms with van der Waals surface area (Å²) in [6.07, 6.45) is 5.72. The van der Waals surface area contributed by atoms with Crippen LogP contribution >= 0.6 is 0 Å². The molecule has 2 unspecified atom stereocenters. The molecule has 3 rings (SSSR count). The number of H-pyrrole nitrogens is 1. The maximum absolute atomic E-state index is 11.6. The van der Waals surface area contributed by atoms with Crippen LogP contribution in [0, 0.1) is 5.92 Å². The number of furan rings is 1. The third-order valence-electron chi connectivity index (χ3n) is 3.42. The van der Waals surface area contributed by atoms with E-state index in [-0.39, 0.29) is 5.91 Å². The summed E-state index contributed by atoms with van der Waals surface area (Å²) in [4.78, 5) is 15.5. The Bertz CT molecular complexity index is 615. The molecule has 6 nitrogen and oxygen atoms in total. The monoisotopic (exact) mass is 272 g/mol.